The number of halogens is 1. The van der Waals surface area contributed by atoms with Crippen molar-refractivity contribution in [2.75, 3.05) is 6.54 Å². The summed E-state index contributed by atoms with van der Waals surface area (Å²) in [6.45, 7) is 2.16. The van der Waals surface area contributed by atoms with E-state index >= 15 is 0 Å². The summed E-state index contributed by atoms with van der Waals surface area (Å²) in [6, 6.07) is 8.69. The molecule has 0 saturated carbocycles. The van der Waals surface area contributed by atoms with Gasteiger partial charge in [0.1, 0.15) is 4.90 Å². The number of benzene rings is 1. The van der Waals surface area contributed by atoms with E-state index in [0.717, 1.165) is 5.39 Å². The zero-order valence-corrected chi connectivity index (χ0v) is 12.7. The van der Waals surface area contributed by atoms with Gasteiger partial charge in [0, 0.05) is 24.2 Å². The summed E-state index contributed by atoms with van der Waals surface area (Å²) in [6.07, 6.45) is 2.18. The van der Waals surface area contributed by atoms with Gasteiger partial charge >= 0.3 is 0 Å². The number of pyridine rings is 1. The van der Waals surface area contributed by atoms with Gasteiger partial charge in [0.15, 0.2) is 0 Å². The average molecular weight is 316 g/mol. The van der Waals surface area contributed by atoms with Crippen molar-refractivity contribution >= 4 is 33.3 Å². The molecule has 1 aromatic carbocycles. The summed E-state index contributed by atoms with van der Waals surface area (Å²) >= 11 is 0. The van der Waals surface area contributed by atoms with E-state index in [0.29, 0.717) is 18.5 Å². The molecule has 0 amide bonds. The Morgan fingerprint density at radius 1 is 1.30 bits per heavy atom. The van der Waals surface area contributed by atoms with Gasteiger partial charge in [0.05, 0.1) is 5.52 Å². The summed E-state index contributed by atoms with van der Waals surface area (Å²) in [7, 11) is -3.55. The zero-order chi connectivity index (χ0) is 13.9. The van der Waals surface area contributed by atoms with Gasteiger partial charge in [-0.25, -0.2) is 13.1 Å². The Labute approximate surface area is 125 Å². The van der Waals surface area contributed by atoms with Crippen LogP contribution in [0.5, 0.6) is 0 Å². The highest BCUT2D eigenvalue weighted by Crippen LogP contribution is 2.20. The van der Waals surface area contributed by atoms with Crippen LogP contribution in [0.4, 0.5) is 0 Å². The fourth-order valence-corrected chi connectivity index (χ4v) is 3.02. The Kier molecular flexibility index (Phi) is 5.88. The molecule has 7 heteroatoms. The highest BCUT2D eigenvalue weighted by Gasteiger charge is 2.17. The van der Waals surface area contributed by atoms with Crippen molar-refractivity contribution < 1.29 is 8.42 Å². The third-order valence-corrected chi connectivity index (χ3v) is 4.27. The number of para-hydroxylation sites is 1. The van der Waals surface area contributed by atoms with Crippen LogP contribution in [-0.4, -0.2) is 26.0 Å². The van der Waals surface area contributed by atoms with Crippen molar-refractivity contribution in [1.82, 2.24) is 9.71 Å². The molecule has 0 fully saturated rings. The molecule has 20 heavy (non-hydrogen) atoms. The number of sulfonamides is 1. The minimum atomic E-state index is -3.55. The van der Waals surface area contributed by atoms with E-state index in [2.05, 4.69) is 9.71 Å². The fraction of sp³-hybridized carbons (Fsp3) is 0.308. The van der Waals surface area contributed by atoms with Gasteiger partial charge in [-0.3, -0.25) is 4.98 Å². The molecule has 0 saturated heterocycles. The number of aromatic nitrogens is 1. The first-order valence-corrected chi connectivity index (χ1v) is 7.58. The standard InChI is InChI=1S/C13H17N3O2S.ClH/c1-10(14)7-9-16-19(17,18)12-6-2-4-11-5-3-8-15-13(11)12;/h2-6,8,10,16H,7,9,14H2,1H3;1H. The molecule has 0 aliphatic heterocycles. The predicted octanol–water partition coefficient (Wildman–Crippen LogP) is 1.67. The molecule has 2 rings (SSSR count). The summed E-state index contributed by atoms with van der Waals surface area (Å²) in [4.78, 5) is 4.35. The molecule has 2 aromatic rings. The van der Waals surface area contributed by atoms with Crippen molar-refractivity contribution in [2.24, 2.45) is 5.73 Å². The molecule has 0 radical (unpaired) electrons. The lowest BCUT2D eigenvalue weighted by atomic mass is 10.2. The molecule has 1 unspecified atom stereocenters. The molecule has 0 aliphatic rings. The van der Waals surface area contributed by atoms with Gasteiger partial charge in [-0.15, -0.1) is 12.4 Å². The lowest BCUT2D eigenvalue weighted by Crippen LogP contribution is -2.29. The average Bonchev–Trinajstić information content (AvgIpc) is 2.37. The quantitative estimate of drug-likeness (QED) is 0.879. The van der Waals surface area contributed by atoms with Crippen LogP contribution in [0.3, 0.4) is 0 Å². The molecule has 1 aromatic heterocycles. The Balaban J connectivity index is 0.00000200. The largest absolute Gasteiger partial charge is 0.328 e. The van der Waals surface area contributed by atoms with Crippen LogP contribution in [-0.2, 0) is 10.0 Å². The van der Waals surface area contributed by atoms with Crippen LogP contribution >= 0.6 is 12.4 Å². The third kappa shape index (κ3) is 3.89. The number of hydrogen-bond acceptors (Lipinski definition) is 4. The van der Waals surface area contributed by atoms with Crippen LogP contribution in [0.1, 0.15) is 13.3 Å². The second kappa shape index (κ2) is 6.99. The van der Waals surface area contributed by atoms with Crippen molar-refractivity contribution in [2.45, 2.75) is 24.3 Å². The van der Waals surface area contributed by atoms with Crippen molar-refractivity contribution in [1.29, 1.82) is 0 Å². The maximum atomic E-state index is 12.2. The first kappa shape index (κ1) is 16.8. The van der Waals surface area contributed by atoms with Gasteiger partial charge in [-0.1, -0.05) is 18.2 Å². The predicted molar refractivity (Wildman–Crippen MR) is 82.4 cm³/mol. The molecule has 0 aliphatic carbocycles. The van der Waals surface area contributed by atoms with Crippen LogP contribution in [0.15, 0.2) is 41.4 Å². The number of nitrogens with zero attached hydrogens (tertiary/aromatic N) is 1. The molecule has 3 N–H and O–H groups in total. The number of fused-ring (bicyclic) bond motifs is 1. The smallest absolute Gasteiger partial charge is 0.242 e. The summed E-state index contributed by atoms with van der Waals surface area (Å²) < 4.78 is 27.0. The van der Waals surface area contributed by atoms with Crippen molar-refractivity contribution in [3.63, 3.8) is 0 Å². The molecule has 0 spiro atoms. The van der Waals surface area contributed by atoms with Crippen molar-refractivity contribution in [3.05, 3.63) is 36.5 Å². The maximum Gasteiger partial charge on any atom is 0.242 e. The molecular weight excluding hydrogens is 298 g/mol. The SMILES string of the molecule is CC(N)CCNS(=O)(=O)c1cccc2cccnc12.Cl. The van der Waals surface area contributed by atoms with Crippen LogP contribution in [0.2, 0.25) is 0 Å². The lowest BCUT2D eigenvalue weighted by molar-refractivity contribution is 0.572. The first-order chi connectivity index (χ1) is 9.00. The van der Waals surface area contributed by atoms with Gasteiger partial charge in [0.2, 0.25) is 10.0 Å². The third-order valence-electron chi connectivity index (χ3n) is 2.78. The van der Waals surface area contributed by atoms with E-state index in [1.807, 2.05) is 19.1 Å². The Hall–Kier alpha value is -1.21. The van der Waals surface area contributed by atoms with Crippen LogP contribution in [0, 0.1) is 0 Å². The molecular formula is C13H18ClN3O2S. The second-order valence-corrected chi connectivity index (χ2v) is 6.23. The lowest BCUT2D eigenvalue weighted by Gasteiger charge is -2.10. The molecule has 5 nitrogen and oxygen atoms in total. The second-order valence-electron chi connectivity index (χ2n) is 4.50. The fourth-order valence-electron chi connectivity index (χ4n) is 1.79. The summed E-state index contributed by atoms with van der Waals surface area (Å²) in [5, 5.41) is 0.803. The van der Waals surface area contributed by atoms with Crippen LogP contribution < -0.4 is 10.5 Å². The summed E-state index contributed by atoms with van der Waals surface area (Å²) in [5.41, 5.74) is 6.09. The van der Waals surface area contributed by atoms with Gasteiger partial charge in [0.25, 0.3) is 0 Å². The topological polar surface area (TPSA) is 85.1 Å². The van der Waals surface area contributed by atoms with Gasteiger partial charge < -0.3 is 5.73 Å². The van der Waals surface area contributed by atoms with E-state index in [-0.39, 0.29) is 23.3 Å². The number of nitrogens with one attached hydrogen (secondary N) is 1. The molecule has 1 heterocycles. The van der Waals surface area contributed by atoms with E-state index in [1.54, 1.807) is 24.4 Å². The number of nitrogens with two attached hydrogens (primary N) is 1. The van der Waals surface area contributed by atoms with Gasteiger partial charge in [-0.05, 0) is 25.5 Å². The Morgan fingerprint density at radius 2 is 2.00 bits per heavy atom. The van der Waals surface area contributed by atoms with Gasteiger partial charge in [-0.2, -0.15) is 0 Å². The van der Waals surface area contributed by atoms with Crippen molar-refractivity contribution in [3.8, 4) is 0 Å². The minimum absolute atomic E-state index is 0. The Bertz CT molecular complexity index is 669. The number of hydrogen-bond donors (Lipinski definition) is 2. The molecule has 0 bridgehead atoms. The highest BCUT2D eigenvalue weighted by molar-refractivity contribution is 7.89. The van der Waals surface area contributed by atoms with E-state index in [1.165, 1.54) is 0 Å². The Morgan fingerprint density at radius 3 is 2.70 bits per heavy atom. The normalized spacial score (nSPS) is 12.9. The van der Waals surface area contributed by atoms with Crippen LogP contribution in [0.25, 0.3) is 10.9 Å². The first-order valence-electron chi connectivity index (χ1n) is 6.10. The molecule has 1 atom stereocenters. The summed E-state index contributed by atoms with van der Waals surface area (Å²) in [5.74, 6) is 0. The minimum Gasteiger partial charge on any atom is -0.328 e. The monoisotopic (exact) mass is 315 g/mol. The van der Waals surface area contributed by atoms with E-state index in [4.69, 9.17) is 5.73 Å². The maximum absolute atomic E-state index is 12.2. The zero-order valence-electron chi connectivity index (χ0n) is 11.1. The number of rotatable bonds is 5. The highest BCUT2D eigenvalue weighted by atomic mass is 35.5. The van der Waals surface area contributed by atoms with E-state index in [9.17, 15) is 8.42 Å². The molecule has 110 valence electrons. The van der Waals surface area contributed by atoms with E-state index < -0.39 is 10.0 Å².